The molecule has 0 aliphatic carbocycles. The molecule has 1 aliphatic heterocycles. The quantitative estimate of drug-likeness (QED) is 0.653. The van der Waals surface area contributed by atoms with Gasteiger partial charge in [-0.2, -0.15) is 0 Å². The van der Waals surface area contributed by atoms with Crippen LogP contribution < -0.4 is 16.0 Å². The summed E-state index contributed by atoms with van der Waals surface area (Å²) in [4.78, 5) is 26.9. The minimum absolute atomic E-state index is 0.00649. The molecule has 0 saturated carbocycles. The van der Waals surface area contributed by atoms with Crippen LogP contribution in [0.1, 0.15) is 38.3 Å². The minimum Gasteiger partial charge on any atom is -0.335 e. The van der Waals surface area contributed by atoms with Gasteiger partial charge in [0.25, 0.3) is 0 Å². The maximum absolute atomic E-state index is 12.6. The van der Waals surface area contributed by atoms with E-state index in [2.05, 4.69) is 34.7 Å². The van der Waals surface area contributed by atoms with E-state index in [9.17, 15) is 9.59 Å². The molecule has 0 aromatic heterocycles. The molecule has 2 aromatic rings. The van der Waals surface area contributed by atoms with Crippen LogP contribution in [0.2, 0.25) is 0 Å². The number of amides is 3. The monoisotopic (exact) mass is 408 g/mol. The van der Waals surface area contributed by atoms with Crippen molar-refractivity contribution in [3.05, 3.63) is 66.2 Å². The Balaban J connectivity index is 1.41. The average Bonchev–Trinajstić information content (AvgIpc) is 2.74. The smallest absolute Gasteiger partial charge is 0.315 e. The first-order chi connectivity index (χ1) is 14.5. The van der Waals surface area contributed by atoms with Crippen molar-refractivity contribution in [3.8, 4) is 0 Å². The van der Waals surface area contributed by atoms with Gasteiger partial charge in [-0.3, -0.25) is 9.69 Å². The number of benzene rings is 2. The summed E-state index contributed by atoms with van der Waals surface area (Å²) in [6.07, 6.45) is 1.67. The predicted octanol–water partition coefficient (Wildman–Crippen LogP) is 3.79. The van der Waals surface area contributed by atoms with Crippen LogP contribution in [0, 0.1) is 5.92 Å². The lowest BCUT2D eigenvalue weighted by Gasteiger charge is -2.32. The molecular formula is C24H32N4O2. The van der Waals surface area contributed by atoms with Gasteiger partial charge in [0.1, 0.15) is 0 Å². The number of carbonyl (C=O) groups excluding carboxylic acids is 2. The van der Waals surface area contributed by atoms with Gasteiger partial charge >= 0.3 is 6.03 Å². The van der Waals surface area contributed by atoms with E-state index >= 15 is 0 Å². The molecule has 3 N–H and O–H groups in total. The number of likely N-dealkylation sites (tertiary alicyclic amines) is 1. The number of nitrogens with one attached hydrogen (secondary N) is 3. The van der Waals surface area contributed by atoms with Crippen molar-refractivity contribution in [1.82, 2.24) is 15.5 Å². The van der Waals surface area contributed by atoms with Crippen LogP contribution in [-0.4, -0.2) is 42.5 Å². The van der Waals surface area contributed by atoms with E-state index in [0.29, 0.717) is 12.5 Å². The Kier molecular flexibility index (Phi) is 7.85. The summed E-state index contributed by atoms with van der Waals surface area (Å²) in [6.45, 7) is 6.17. The average molecular weight is 409 g/mol. The molecule has 0 unspecified atom stereocenters. The van der Waals surface area contributed by atoms with Crippen LogP contribution in [0.25, 0.3) is 0 Å². The van der Waals surface area contributed by atoms with E-state index in [4.69, 9.17) is 0 Å². The van der Waals surface area contributed by atoms with Crippen LogP contribution in [0.3, 0.4) is 0 Å². The Bertz CT molecular complexity index is 802. The van der Waals surface area contributed by atoms with Gasteiger partial charge in [0, 0.05) is 24.8 Å². The van der Waals surface area contributed by atoms with E-state index in [1.165, 1.54) is 0 Å². The molecule has 1 atom stereocenters. The molecular weight excluding hydrogens is 376 g/mol. The normalized spacial score (nSPS) is 16.1. The highest BCUT2D eigenvalue weighted by Crippen LogP contribution is 2.21. The summed E-state index contributed by atoms with van der Waals surface area (Å²) in [5.41, 5.74) is 1.93. The van der Waals surface area contributed by atoms with Crippen molar-refractivity contribution in [3.63, 3.8) is 0 Å². The number of hydrogen-bond acceptors (Lipinski definition) is 3. The number of nitrogens with zero attached hydrogens (tertiary/aromatic N) is 1. The first-order valence-electron chi connectivity index (χ1n) is 10.7. The molecule has 0 spiro atoms. The molecule has 0 radical (unpaired) electrons. The second-order valence-corrected chi connectivity index (χ2v) is 8.21. The summed E-state index contributed by atoms with van der Waals surface area (Å²) in [6, 6.07) is 19.5. The molecule has 30 heavy (non-hydrogen) atoms. The Morgan fingerprint density at radius 3 is 2.17 bits per heavy atom. The zero-order chi connectivity index (χ0) is 21.3. The lowest BCUT2D eigenvalue weighted by molar-refractivity contribution is -0.117. The lowest BCUT2D eigenvalue weighted by atomic mass is 9.96. The molecule has 6 heteroatoms. The molecule has 1 aliphatic rings. The van der Waals surface area contributed by atoms with Gasteiger partial charge in [-0.15, -0.1) is 0 Å². The van der Waals surface area contributed by atoms with Crippen molar-refractivity contribution >= 4 is 17.6 Å². The second-order valence-electron chi connectivity index (χ2n) is 8.21. The summed E-state index contributed by atoms with van der Waals surface area (Å²) in [7, 11) is 0. The summed E-state index contributed by atoms with van der Waals surface area (Å²) in [5.74, 6) is 0.288. The number of anilines is 1. The van der Waals surface area contributed by atoms with E-state index < -0.39 is 0 Å². The zero-order valence-electron chi connectivity index (χ0n) is 17.8. The third-order valence-electron chi connectivity index (χ3n) is 5.46. The highest BCUT2D eigenvalue weighted by atomic mass is 16.2. The fourth-order valence-electron chi connectivity index (χ4n) is 3.82. The van der Waals surface area contributed by atoms with Gasteiger partial charge in [-0.05, 0) is 36.5 Å². The first kappa shape index (κ1) is 21.8. The number of piperidine rings is 1. The van der Waals surface area contributed by atoms with E-state index in [1.54, 1.807) is 0 Å². The molecule has 1 fully saturated rings. The standard InChI is InChI=1S/C24H32N4O2/c1-18(2)23(19-9-5-3-6-10-19)27-24(30)26-21-13-15-28(16-14-21)17-22(29)25-20-11-7-4-8-12-20/h3-12,18,21,23H,13-17H2,1-2H3,(H,25,29)(H2,26,27,30)/t23-/m0/s1. The molecule has 0 bridgehead atoms. The fourth-order valence-corrected chi connectivity index (χ4v) is 3.82. The summed E-state index contributed by atoms with van der Waals surface area (Å²) in [5, 5.41) is 9.15. The highest BCUT2D eigenvalue weighted by Gasteiger charge is 2.24. The number of urea groups is 1. The van der Waals surface area contributed by atoms with Gasteiger partial charge in [0.05, 0.1) is 12.6 Å². The van der Waals surface area contributed by atoms with Crippen molar-refractivity contribution in [2.45, 2.75) is 38.8 Å². The zero-order valence-corrected chi connectivity index (χ0v) is 17.8. The molecule has 160 valence electrons. The Morgan fingerprint density at radius 2 is 1.57 bits per heavy atom. The van der Waals surface area contributed by atoms with Crippen LogP contribution in [0.15, 0.2) is 60.7 Å². The molecule has 2 aromatic carbocycles. The SMILES string of the molecule is CC(C)[C@H](NC(=O)NC1CCN(CC(=O)Nc2ccccc2)CC1)c1ccccc1. The van der Waals surface area contributed by atoms with Crippen molar-refractivity contribution in [1.29, 1.82) is 0 Å². The van der Waals surface area contributed by atoms with E-state index in [0.717, 1.165) is 37.2 Å². The maximum atomic E-state index is 12.6. The Labute approximate surface area is 179 Å². The molecule has 1 heterocycles. The number of carbonyl (C=O) groups is 2. The number of hydrogen-bond donors (Lipinski definition) is 3. The first-order valence-corrected chi connectivity index (χ1v) is 10.7. The van der Waals surface area contributed by atoms with Crippen molar-refractivity contribution < 1.29 is 9.59 Å². The maximum Gasteiger partial charge on any atom is 0.315 e. The van der Waals surface area contributed by atoms with Crippen molar-refractivity contribution in [2.75, 3.05) is 25.0 Å². The minimum atomic E-state index is -0.127. The van der Waals surface area contributed by atoms with Gasteiger partial charge in [-0.1, -0.05) is 62.4 Å². The van der Waals surface area contributed by atoms with Gasteiger partial charge in [0.15, 0.2) is 0 Å². The number of para-hydroxylation sites is 1. The van der Waals surface area contributed by atoms with Crippen LogP contribution >= 0.6 is 0 Å². The molecule has 3 amide bonds. The topological polar surface area (TPSA) is 73.5 Å². The third kappa shape index (κ3) is 6.59. The second kappa shape index (κ2) is 10.8. The Hall–Kier alpha value is -2.86. The number of rotatable bonds is 7. The predicted molar refractivity (Wildman–Crippen MR) is 120 cm³/mol. The summed E-state index contributed by atoms with van der Waals surface area (Å²) < 4.78 is 0. The molecule has 6 nitrogen and oxygen atoms in total. The van der Waals surface area contributed by atoms with E-state index in [1.807, 2.05) is 60.7 Å². The van der Waals surface area contributed by atoms with E-state index in [-0.39, 0.29) is 24.0 Å². The third-order valence-corrected chi connectivity index (χ3v) is 5.46. The van der Waals surface area contributed by atoms with Crippen LogP contribution in [-0.2, 0) is 4.79 Å². The molecule has 1 saturated heterocycles. The van der Waals surface area contributed by atoms with Crippen LogP contribution in [0.4, 0.5) is 10.5 Å². The highest BCUT2D eigenvalue weighted by molar-refractivity contribution is 5.92. The molecule has 3 rings (SSSR count). The van der Waals surface area contributed by atoms with Crippen molar-refractivity contribution in [2.24, 2.45) is 5.92 Å². The lowest BCUT2D eigenvalue weighted by Crippen LogP contribution is -2.50. The summed E-state index contributed by atoms with van der Waals surface area (Å²) >= 11 is 0. The largest absolute Gasteiger partial charge is 0.335 e. The Morgan fingerprint density at radius 1 is 0.967 bits per heavy atom. The van der Waals surface area contributed by atoms with Gasteiger partial charge < -0.3 is 16.0 Å². The van der Waals surface area contributed by atoms with Gasteiger partial charge in [0.2, 0.25) is 5.91 Å². The van der Waals surface area contributed by atoms with Gasteiger partial charge in [-0.25, -0.2) is 4.79 Å². The van der Waals surface area contributed by atoms with Crippen LogP contribution in [0.5, 0.6) is 0 Å². The fraction of sp³-hybridized carbons (Fsp3) is 0.417.